The maximum Gasteiger partial charge on any atom is 0.272 e. The van der Waals surface area contributed by atoms with Gasteiger partial charge in [-0.1, -0.05) is 19.3 Å². The van der Waals surface area contributed by atoms with Gasteiger partial charge in [0.15, 0.2) is 5.65 Å². The Balaban J connectivity index is 1.41. The number of aromatic nitrogens is 3. The number of piperidine rings is 1. The summed E-state index contributed by atoms with van der Waals surface area (Å²) in [5, 5.41) is 3.47. The topological polar surface area (TPSA) is 75.5 Å². The molecule has 5 rings (SSSR count). The first-order valence-corrected chi connectivity index (χ1v) is 13.5. The number of anilines is 2. The van der Waals surface area contributed by atoms with Crippen molar-refractivity contribution in [3.63, 3.8) is 0 Å². The quantitative estimate of drug-likeness (QED) is 0.475. The number of amides is 1. The molecule has 3 aromatic rings. The number of fused-ring (bicyclic) bond motifs is 1. The standard InChI is InChI=1S/C28H38N6O2/c1-36-23-12-10-22(11-13-23)29-28-31-24-14-15-25(27(35)33-19-7-2-3-8-20-33)30-26(24)34(28)21-9-18-32-16-5-4-6-17-32/h10-15H,2-9,16-21H2,1H3,(H,29,31). The lowest BCUT2D eigenvalue weighted by atomic mass is 10.1. The lowest BCUT2D eigenvalue weighted by molar-refractivity contribution is 0.0756. The average molecular weight is 491 g/mol. The van der Waals surface area contributed by atoms with Gasteiger partial charge in [-0.3, -0.25) is 9.36 Å². The van der Waals surface area contributed by atoms with E-state index < -0.39 is 0 Å². The van der Waals surface area contributed by atoms with Crippen LogP contribution < -0.4 is 10.1 Å². The minimum atomic E-state index is 0.0320. The molecular weight excluding hydrogens is 452 g/mol. The van der Waals surface area contributed by atoms with Crippen molar-refractivity contribution in [3.05, 3.63) is 42.1 Å². The summed E-state index contributed by atoms with van der Waals surface area (Å²) >= 11 is 0. The Labute approximate surface area is 213 Å². The SMILES string of the molecule is COc1ccc(Nc2nc3ccc(C(=O)N4CCCCCC4)nc3n2CCCN2CCCCC2)cc1. The monoisotopic (exact) mass is 490 g/mol. The Kier molecular flexibility index (Phi) is 8.01. The second-order valence-electron chi connectivity index (χ2n) is 9.94. The second-order valence-corrected chi connectivity index (χ2v) is 9.94. The van der Waals surface area contributed by atoms with Crippen LogP contribution in [0.15, 0.2) is 36.4 Å². The van der Waals surface area contributed by atoms with E-state index in [9.17, 15) is 4.79 Å². The van der Waals surface area contributed by atoms with Gasteiger partial charge in [0.25, 0.3) is 5.91 Å². The molecule has 2 aliphatic heterocycles. The summed E-state index contributed by atoms with van der Waals surface area (Å²) in [6, 6.07) is 11.6. The molecule has 8 nitrogen and oxygen atoms in total. The molecule has 2 aromatic heterocycles. The van der Waals surface area contributed by atoms with Gasteiger partial charge in [-0.2, -0.15) is 0 Å². The fourth-order valence-electron chi connectivity index (χ4n) is 5.30. The number of pyridine rings is 1. The van der Waals surface area contributed by atoms with Crippen LogP contribution in [0.25, 0.3) is 11.2 Å². The van der Waals surface area contributed by atoms with Crippen molar-refractivity contribution in [2.45, 2.75) is 57.9 Å². The van der Waals surface area contributed by atoms with Gasteiger partial charge in [-0.25, -0.2) is 9.97 Å². The molecule has 36 heavy (non-hydrogen) atoms. The van der Waals surface area contributed by atoms with E-state index >= 15 is 0 Å². The summed E-state index contributed by atoms with van der Waals surface area (Å²) < 4.78 is 7.44. The molecule has 2 saturated heterocycles. The number of hydrogen-bond donors (Lipinski definition) is 1. The maximum absolute atomic E-state index is 13.3. The molecule has 2 fully saturated rings. The molecule has 0 saturated carbocycles. The zero-order valence-corrected chi connectivity index (χ0v) is 21.4. The Hall–Kier alpha value is -3.13. The number of methoxy groups -OCH3 is 1. The van der Waals surface area contributed by atoms with E-state index in [1.165, 1.54) is 45.2 Å². The third-order valence-electron chi connectivity index (χ3n) is 7.36. The average Bonchev–Trinajstić information content (AvgIpc) is 3.07. The van der Waals surface area contributed by atoms with E-state index in [1.807, 2.05) is 41.3 Å². The molecule has 1 aromatic carbocycles. The van der Waals surface area contributed by atoms with Gasteiger partial charge in [-0.15, -0.1) is 0 Å². The van der Waals surface area contributed by atoms with Crippen molar-refractivity contribution >= 4 is 28.7 Å². The van der Waals surface area contributed by atoms with Gasteiger partial charge in [0.05, 0.1) is 7.11 Å². The first kappa shape index (κ1) is 24.6. The maximum atomic E-state index is 13.3. The number of ether oxygens (including phenoxy) is 1. The number of carbonyl (C=O) groups is 1. The van der Waals surface area contributed by atoms with Gasteiger partial charge in [0.2, 0.25) is 5.95 Å². The summed E-state index contributed by atoms with van der Waals surface area (Å²) in [5.41, 5.74) is 3.02. The third-order valence-corrected chi connectivity index (χ3v) is 7.36. The molecule has 8 heteroatoms. The number of nitrogens with one attached hydrogen (secondary N) is 1. The van der Waals surface area contributed by atoms with Crippen molar-refractivity contribution in [1.82, 2.24) is 24.3 Å². The fraction of sp³-hybridized carbons (Fsp3) is 0.536. The lowest BCUT2D eigenvalue weighted by Crippen LogP contribution is -2.32. The van der Waals surface area contributed by atoms with Crippen LogP contribution in [0.5, 0.6) is 5.75 Å². The number of benzene rings is 1. The van der Waals surface area contributed by atoms with Gasteiger partial charge in [0, 0.05) is 25.3 Å². The van der Waals surface area contributed by atoms with E-state index in [-0.39, 0.29) is 5.91 Å². The van der Waals surface area contributed by atoms with Crippen LogP contribution in [0, 0.1) is 0 Å². The van der Waals surface area contributed by atoms with E-state index in [0.29, 0.717) is 5.69 Å². The summed E-state index contributed by atoms with van der Waals surface area (Å²) in [6.45, 7) is 5.87. The van der Waals surface area contributed by atoms with Crippen LogP contribution in [0.2, 0.25) is 0 Å². The predicted octanol–water partition coefficient (Wildman–Crippen LogP) is 5.08. The number of imidazole rings is 1. The summed E-state index contributed by atoms with van der Waals surface area (Å²) in [7, 11) is 1.67. The molecule has 0 radical (unpaired) electrons. The van der Waals surface area contributed by atoms with Crippen molar-refractivity contribution in [2.75, 3.05) is 45.2 Å². The Bertz CT molecular complexity index is 1140. The summed E-state index contributed by atoms with van der Waals surface area (Å²) in [4.78, 5) is 27.5. The van der Waals surface area contributed by atoms with Crippen molar-refractivity contribution in [1.29, 1.82) is 0 Å². The van der Waals surface area contributed by atoms with Gasteiger partial charge < -0.3 is 19.9 Å². The molecule has 192 valence electrons. The molecule has 0 atom stereocenters. The molecule has 1 N–H and O–H groups in total. The number of carbonyl (C=O) groups excluding carboxylic acids is 1. The van der Waals surface area contributed by atoms with Crippen LogP contribution in [0.4, 0.5) is 11.6 Å². The second kappa shape index (κ2) is 11.7. The van der Waals surface area contributed by atoms with Crippen molar-refractivity contribution < 1.29 is 9.53 Å². The highest BCUT2D eigenvalue weighted by molar-refractivity contribution is 5.94. The van der Waals surface area contributed by atoms with E-state index in [1.54, 1.807) is 7.11 Å². The van der Waals surface area contributed by atoms with Crippen LogP contribution in [-0.4, -0.2) is 70.1 Å². The van der Waals surface area contributed by atoms with Crippen LogP contribution in [0.3, 0.4) is 0 Å². The van der Waals surface area contributed by atoms with Gasteiger partial charge in [-0.05, 0) is 88.1 Å². The van der Waals surface area contributed by atoms with E-state index in [0.717, 1.165) is 74.0 Å². The van der Waals surface area contributed by atoms with E-state index in [2.05, 4.69) is 14.8 Å². The Morgan fingerprint density at radius 3 is 2.28 bits per heavy atom. The minimum absolute atomic E-state index is 0.0320. The summed E-state index contributed by atoms with van der Waals surface area (Å²) in [5.74, 6) is 1.60. The number of nitrogens with zero attached hydrogens (tertiary/aromatic N) is 5. The number of aryl methyl sites for hydroxylation is 1. The molecule has 4 heterocycles. The smallest absolute Gasteiger partial charge is 0.272 e. The molecule has 1 amide bonds. The van der Waals surface area contributed by atoms with Crippen molar-refractivity contribution in [2.24, 2.45) is 0 Å². The predicted molar refractivity (Wildman–Crippen MR) is 143 cm³/mol. The highest BCUT2D eigenvalue weighted by Crippen LogP contribution is 2.25. The van der Waals surface area contributed by atoms with Gasteiger partial charge >= 0.3 is 0 Å². The number of likely N-dealkylation sites (tertiary alicyclic amines) is 2. The zero-order chi connectivity index (χ0) is 24.7. The zero-order valence-electron chi connectivity index (χ0n) is 21.4. The molecule has 0 unspecified atom stereocenters. The fourth-order valence-corrected chi connectivity index (χ4v) is 5.30. The van der Waals surface area contributed by atoms with Crippen molar-refractivity contribution in [3.8, 4) is 5.75 Å². The molecule has 0 spiro atoms. The van der Waals surface area contributed by atoms with Crippen LogP contribution in [-0.2, 0) is 6.54 Å². The first-order valence-electron chi connectivity index (χ1n) is 13.5. The molecular formula is C28H38N6O2. The largest absolute Gasteiger partial charge is 0.497 e. The van der Waals surface area contributed by atoms with Gasteiger partial charge in [0.1, 0.15) is 17.0 Å². The summed E-state index contributed by atoms with van der Waals surface area (Å²) in [6.07, 6.45) is 9.46. The number of rotatable bonds is 8. The molecule has 0 aliphatic carbocycles. The molecule has 2 aliphatic rings. The lowest BCUT2D eigenvalue weighted by Gasteiger charge is -2.26. The highest BCUT2D eigenvalue weighted by Gasteiger charge is 2.21. The Morgan fingerprint density at radius 1 is 0.861 bits per heavy atom. The Morgan fingerprint density at radius 2 is 1.56 bits per heavy atom. The first-order chi connectivity index (χ1) is 17.7. The molecule has 0 bridgehead atoms. The van der Waals surface area contributed by atoms with Crippen LogP contribution >= 0.6 is 0 Å². The normalized spacial score (nSPS) is 17.2. The van der Waals surface area contributed by atoms with Crippen LogP contribution in [0.1, 0.15) is 61.9 Å². The third kappa shape index (κ3) is 5.81. The minimum Gasteiger partial charge on any atom is -0.497 e. The number of hydrogen-bond acceptors (Lipinski definition) is 6. The highest BCUT2D eigenvalue weighted by atomic mass is 16.5. The van der Waals surface area contributed by atoms with E-state index in [4.69, 9.17) is 14.7 Å².